The van der Waals surface area contributed by atoms with Crippen LogP contribution >= 0.6 is 0 Å². The molecule has 0 spiro atoms. The van der Waals surface area contributed by atoms with Crippen LogP contribution in [0.4, 0.5) is 5.69 Å². The summed E-state index contributed by atoms with van der Waals surface area (Å²) in [5.41, 5.74) is 7.99. The monoisotopic (exact) mass is 281 g/mol. The number of pyridine rings is 1. The first kappa shape index (κ1) is 16.9. The van der Waals surface area contributed by atoms with Gasteiger partial charge in [-0.3, -0.25) is 4.98 Å². The van der Waals surface area contributed by atoms with Gasteiger partial charge in [-0.15, -0.1) is 0 Å². The molecule has 1 aromatic rings. The van der Waals surface area contributed by atoms with Crippen molar-refractivity contribution in [3.63, 3.8) is 0 Å². The number of ether oxygens (including phenoxy) is 2. The second kappa shape index (κ2) is 8.89. The van der Waals surface area contributed by atoms with Crippen LogP contribution in [0.15, 0.2) is 18.3 Å². The first-order valence-corrected chi connectivity index (χ1v) is 7.10. The van der Waals surface area contributed by atoms with Gasteiger partial charge in [0.25, 0.3) is 0 Å². The fourth-order valence-electron chi connectivity index (χ4n) is 2.12. The van der Waals surface area contributed by atoms with Crippen LogP contribution in [0.3, 0.4) is 0 Å². The molecule has 0 amide bonds. The van der Waals surface area contributed by atoms with E-state index in [1.165, 1.54) is 0 Å². The third kappa shape index (κ3) is 4.74. The quantitative estimate of drug-likeness (QED) is 0.750. The number of nitrogens with zero attached hydrogens (tertiary/aromatic N) is 2. The molecule has 1 heterocycles. The lowest BCUT2D eigenvalue weighted by molar-refractivity contribution is 0.171. The van der Waals surface area contributed by atoms with Gasteiger partial charge in [0.2, 0.25) is 0 Å². The minimum atomic E-state index is 0.00729. The van der Waals surface area contributed by atoms with Crippen molar-refractivity contribution in [1.82, 2.24) is 4.98 Å². The zero-order valence-electron chi connectivity index (χ0n) is 13.0. The number of rotatable bonds is 9. The standard InChI is InChI=1S/C15H27N3O2/c1-5-14(16)15-7-6-13(10-17-15)18(8-9-19-3)12(2)11-20-4/h6-7,10,12,14H,5,8-9,11,16H2,1-4H3/t12?,14-/m1/s1. The van der Waals surface area contributed by atoms with Gasteiger partial charge >= 0.3 is 0 Å². The molecule has 114 valence electrons. The summed E-state index contributed by atoms with van der Waals surface area (Å²) >= 11 is 0. The molecule has 20 heavy (non-hydrogen) atoms. The Morgan fingerprint density at radius 1 is 1.30 bits per heavy atom. The molecule has 0 radical (unpaired) electrons. The maximum absolute atomic E-state index is 5.99. The van der Waals surface area contributed by atoms with Crippen molar-refractivity contribution in [3.8, 4) is 0 Å². The lowest BCUT2D eigenvalue weighted by Gasteiger charge is -2.30. The van der Waals surface area contributed by atoms with Crippen molar-refractivity contribution < 1.29 is 9.47 Å². The van der Waals surface area contributed by atoms with E-state index in [2.05, 4.69) is 29.8 Å². The van der Waals surface area contributed by atoms with Gasteiger partial charge in [0, 0.05) is 32.8 Å². The van der Waals surface area contributed by atoms with Gasteiger partial charge in [0.1, 0.15) is 0 Å². The van der Waals surface area contributed by atoms with E-state index < -0.39 is 0 Å². The first-order valence-electron chi connectivity index (χ1n) is 7.10. The van der Waals surface area contributed by atoms with E-state index in [1.54, 1.807) is 14.2 Å². The van der Waals surface area contributed by atoms with Gasteiger partial charge in [0.05, 0.1) is 30.8 Å². The third-order valence-electron chi connectivity index (χ3n) is 3.40. The molecule has 2 N–H and O–H groups in total. The second-order valence-electron chi connectivity index (χ2n) is 4.95. The Bertz CT molecular complexity index is 370. The van der Waals surface area contributed by atoms with Crippen LogP contribution in [0.25, 0.3) is 0 Å². The molecule has 0 bridgehead atoms. The summed E-state index contributed by atoms with van der Waals surface area (Å²) in [6, 6.07) is 4.35. The van der Waals surface area contributed by atoms with Gasteiger partial charge in [-0.05, 0) is 25.5 Å². The predicted octanol–water partition coefficient (Wildman–Crippen LogP) is 1.98. The topological polar surface area (TPSA) is 60.6 Å². The first-order chi connectivity index (χ1) is 9.63. The van der Waals surface area contributed by atoms with Crippen molar-refractivity contribution in [2.75, 3.05) is 38.9 Å². The van der Waals surface area contributed by atoms with E-state index in [1.807, 2.05) is 12.3 Å². The summed E-state index contributed by atoms with van der Waals surface area (Å²) in [4.78, 5) is 6.71. The Morgan fingerprint density at radius 2 is 2.05 bits per heavy atom. The maximum Gasteiger partial charge on any atom is 0.0663 e. The third-order valence-corrected chi connectivity index (χ3v) is 3.40. The van der Waals surface area contributed by atoms with Gasteiger partial charge in [-0.2, -0.15) is 0 Å². The highest BCUT2D eigenvalue weighted by atomic mass is 16.5. The summed E-state index contributed by atoms with van der Waals surface area (Å²) in [7, 11) is 3.42. The zero-order chi connectivity index (χ0) is 15.0. The van der Waals surface area contributed by atoms with Crippen molar-refractivity contribution in [3.05, 3.63) is 24.0 Å². The molecule has 0 aliphatic carbocycles. The Hall–Kier alpha value is -1.17. The van der Waals surface area contributed by atoms with E-state index in [9.17, 15) is 0 Å². The summed E-state index contributed by atoms with van der Waals surface area (Å²) in [6.07, 6.45) is 2.77. The molecule has 0 saturated carbocycles. The van der Waals surface area contributed by atoms with Crippen LogP contribution in [0.5, 0.6) is 0 Å². The van der Waals surface area contributed by atoms with E-state index in [4.69, 9.17) is 15.2 Å². The van der Waals surface area contributed by atoms with E-state index in [-0.39, 0.29) is 12.1 Å². The number of aromatic nitrogens is 1. The van der Waals surface area contributed by atoms with Gasteiger partial charge in [-0.25, -0.2) is 0 Å². The van der Waals surface area contributed by atoms with E-state index in [0.717, 1.165) is 24.3 Å². The number of hydrogen-bond acceptors (Lipinski definition) is 5. The minimum absolute atomic E-state index is 0.00729. The molecule has 1 rings (SSSR count). The normalized spacial score (nSPS) is 14.1. The molecule has 0 aromatic carbocycles. The Morgan fingerprint density at radius 3 is 2.55 bits per heavy atom. The summed E-state index contributed by atoms with van der Waals surface area (Å²) in [5.74, 6) is 0. The lowest BCUT2D eigenvalue weighted by atomic mass is 10.1. The number of methoxy groups -OCH3 is 2. The lowest BCUT2D eigenvalue weighted by Crippen LogP contribution is -2.38. The highest BCUT2D eigenvalue weighted by molar-refractivity contribution is 5.46. The van der Waals surface area contributed by atoms with Crippen molar-refractivity contribution in [2.45, 2.75) is 32.4 Å². The largest absolute Gasteiger partial charge is 0.383 e. The molecule has 1 aromatic heterocycles. The van der Waals surface area contributed by atoms with Crippen molar-refractivity contribution >= 4 is 5.69 Å². The Balaban J connectivity index is 2.84. The molecular formula is C15H27N3O2. The zero-order valence-corrected chi connectivity index (χ0v) is 13.0. The predicted molar refractivity (Wildman–Crippen MR) is 82.0 cm³/mol. The summed E-state index contributed by atoms with van der Waals surface area (Å²) in [6.45, 7) is 6.34. The number of nitrogens with two attached hydrogens (primary N) is 1. The van der Waals surface area contributed by atoms with Crippen molar-refractivity contribution in [2.24, 2.45) is 5.73 Å². The molecule has 0 aliphatic rings. The van der Waals surface area contributed by atoms with Gasteiger partial charge in [-0.1, -0.05) is 6.92 Å². The molecule has 0 fully saturated rings. The minimum Gasteiger partial charge on any atom is -0.383 e. The van der Waals surface area contributed by atoms with Crippen LogP contribution in [0.1, 0.15) is 32.0 Å². The van der Waals surface area contributed by atoms with E-state index in [0.29, 0.717) is 13.2 Å². The van der Waals surface area contributed by atoms with Crippen LogP contribution in [-0.2, 0) is 9.47 Å². The summed E-state index contributed by atoms with van der Waals surface area (Å²) < 4.78 is 10.4. The SMILES string of the molecule is CC[C@@H](N)c1ccc(N(CCOC)C(C)COC)cn1. The number of hydrogen-bond donors (Lipinski definition) is 1. The van der Waals surface area contributed by atoms with E-state index >= 15 is 0 Å². The summed E-state index contributed by atoms with van der Waals surface area (Å²) in [5, 5.41) is 0. The van der Waals surface area contributed by atoms with Gasteiger partial charge in [0.15, 0.2) is 0 Å². The number of anilines is 1. The molecule has 1 unspecified atom stereocenters. The Labute approximate surface area is 122 Å². The average Bonchev–Trinajstić information content (AvgIpc) is 2.48. The highest BCUT2D eigenvalue weighted by Gasteiger charge is 2.15. The smallest absolute Gasteiger partial charge is 0.0663 e. The molecular weight excluding hydrogens is 254 g/mol. The molecule has 0 aliphatic heterocycles. The molecule has 0 saturated heterocycles. The fraction of sp³-hybridized carbons (Fsp3) is 0.667. The van der Waals surface area contributed by atoms with Gasteiger partial charge < -0.3 is 20.1 Å². The van der Waals surface area contributed by atoms with Crippen molar-refractivity contribution in [1.29, 1.82) is 0 Å². The fourth-order valence-corrected chi connectivity index (χ4v) is 2.12. The molecule has 2 atom stereocenters. The second-order valence-corrected chi connectivity index (χ2v) is 4.95. The average molecular weight is 281 g/mol. The van der Waals surface area contributed by atoms with Crippen LogP contribution < -0.4 is 10.6 Å². The van der Waals surface area contributed by atoms with Crippen LogP contribution in [0.2, 0.25) is 0 Å². The van der Waals surface area contributed by atoms with Crippen LogP contribution in [-0.4, -0.2) is 45.0 Å². The molecule has 5 heteroatoms. The van der Waals surface area contributed by atoms with Crippen LogP contribution in [0, 0.1) is 0 Å². The maximum atomic E-state index is 5.99. The molecule has 5 nitrogen and oxygen atoms in total. The highest BCUT2D eigenvalue weighted by Crippen LogP contribution is 2.19. The Kier molecular flexibility index (Phi) is 7.51.